The Hall–Kier alpha value is -0.610. The van der Waals surface area contributed by atoms with Crippen molar-refractivity contribution in [3.05, 3.63) is 0 Å². The van der Waals surface area contributed by atoms with Gasteiger partial charge in [0.1, 0.15) is 0 Å². The molecule has 1 aliphatic carbocycles. The van der Waals surface area contributed by atoms with Crippen LogP contribution in [-0.2, 0) is 9.53 Å². The average Bonchev–Trinajstić information content (AvgIpc) is 2.43. The van der Waals surface area contributed by atoms with Crippen LogP contribution in [0.2, 0.25) is 0 Å². The van der Waals surface area contributed by atoms with E-state index in [9.17, 15) is 4.79 Å². The van der Waals surface area contributed by atoms with Gasteiger partial charge in [0.2, 0.25) is 5.91 Å². The third kappa shape index (κ3) is 1.69. The zero-order chi connectivity index (χ0) is 9.26. The molecule has 1 saturated heterocycles. The summed E-state index contributed by atoms with van der Waals surface area (Å²) in [6.45, 7) is 4.03. The van der Waals surface area contributed by atoms with E-state index in [1.54, 1.807) is 0 Å². The van der Waals surface area contributed by atoms with Crippen molar-refractivity contribution in [2.24, 2.45) is 0 Å². The standard InChI is InChI=1S/C9H16N2O2/c1-2-13-8-3-7(4-8)11-6-10-5-9(11)12/h7-8,10H,2-6H2,1H3. The Morgan fingerprint density at radius 3 is 2.92 bits per heavy atom. The fourth-order valence-corrected chi connectivity index (χ4v) is 1.97. The molecule has 0 atom stereocenters. The molecule has 1 heterocycles. The van der Waals surface area contributed by atoms with Crippen LogP contribution in [0.3, 0.4) is 0 Å². The molecule has 2 fully saturated rings. The van der Waals surface area contributed by atoms with Crippen LogP contribution in [0.5, 0.6) is 0 Å². The lowest BCUT2D eigenvalue weighted by molar-refractivity contribution is -0.133. The Labute approximate surface area is 78.2 Å². The van der Waals surface area contributed by atoms with Gasteiger partial charge in [-0.15, -0.1) is 0 Å². The molecule has 0 spiro atoms. The van der Waals surface area contributed by atoms with Gasteiger partial charge in [-0.3, -0.25) is 10.1 Å². The first-order valence-electron chi connectivity index (χ1n) is 4.93. The number of hydrogen-bond acceptors (Lipinski definition) is 3. The van der Waals surface area contributed by atoms with E-state index < -0.39 is 0 Å². The second-order valence-corrected chi connectivity index (χ2v) is 3.65. The maximum absolute atomic E-state index is 11.3. The van der Waals surface area contributed by atoms with Gasteiger partial charge in [0.15, 0.2) is 0 Å². The summed E-state index contributed by atoms with van der Waals surface area (Å²) in [5, 5.41) is 3.05. The van der Waals surface area contributed by atoms with E-state index in [0.29, 0.717) is 18.7 Å². The molecule has 0 aromatic rings. The first-order chi connectivity index (χ1) is 6.31. The number of hydrogen-bond donors (Lipinski definition) is 1. The molecule has 0 unspecified atom stereocenters. The summed E-state index contributed by atoms with van der Waals surface area (Å²) in [6, 6.07) is 0.430. The van der Waals surface area contributed by atoms with Gasteiger partial charge in [0, 0.05) is 12.6 Å². The highest BCUT2D eigenvalue weighted by Gasteiger charge is 2.37. The van der Waals surface area contributed by atoms with Crippen molar-refractivity contribution in [2.75, 3.05) is 19.8 Å². The topological polar surface area (TPSA) is 41.6 Å². The maximum Gasteiger partial charge on any atom is 0.237 e. The van der Waals surface area contributed by atoms with Crippen LogP contribution < -0.4 is 5.32 Å². The number of nitrogens with zero attached hydrogens (tertiary/aromatic N) is 1. The number of rotatable bonds is 3. The molecule has 2 rings (SSSR count). The zero-order valence-electron chi connectivity index (χ0n) is 7.95. The van der Waals surface area contributed by atoms with E-state index in [4.69, 9.17) is 4.74 Å². The Morgan fingerprint density at radius 2 is 2.38 bits per heavy atom. The van der Waals surface area contributed by atoms with Gasteiger partial charge in [-0.1, -0.05) is 0 Å². The van der Waals surface area contributed by atoms with E-state index in [0.717, 1.165) is 26.1 Å². The van der Waals surface area contributed by atoms with E-state index in [1.165, 1.54) is 0 Å². The molecule has 2 aliphatic rings. The summed E-state index contributed by atoms with van der Waals surface area (Å²) < 4.78 is 5.44. The van der Waals surface area contributed by atoms with E-state index in [2.05, 4.69) is 5.32 Å². The molecule has 1 N–H and O–H groups in total. The largest absolute Gasteiger partial charge is 0.378 e. The quantitative estimate of drug-likeness (QED) is 0.668. The summed E-state index contributed by atoms with van der Waals surface area (Å²) >= 11 is 0. The van der Waals surface area contributed by atoms with Crippen molar-refractivity contribution in [1.29, 1.82) is 0 Å². The average molecular weight is 184 g/mol. The summed E-state index contributed by atoms with van der Waals surface area (Å²) in [6.07, 6.45) is 2.42. The van der Waals surface area contributed by atoms with Crippen LogP contribution in [0.4, 0.5) is 0 Å². The monoisotopic (exact) mass is 184 g/mol. The molecule has 0 aromatic heterocycles. The van der Waals surface area contributed by atoms with Crippen LogP contribution in [0.25, 0.3) is 0 Å². The molecule has 0 aromatic carbocycles. The molecule has 1 amide bonds. The Balaban J connectivity index is 1.76. The van der Waals surface area contributed by atoms with Gasteiger partial charge in [0.05, 0.1) is 19.3 Å². The summed E-state index contributed by atoms with van der Waals surface area (Å²) in [5.41, 5.74) is 0. The molecule has 13 heavy (non-hydrogen) atoms. The number of amides is 1. The highest BCUT2D eigenvalue weighted by atomic mass is 16.5. The number of ether oxygens (including phenoxy) is 1. The van der Waals surface area contributed by atoms with Gasteiger partial charge in [0.25, 0.3) is 0 Å². The maximum atomic E-state index is 11.3. The SMILES string of the molecule is CCOC1CC(N2CNCC2=O)C1. The molecule has 1 aliphatic heterocycles. The Morgan fingerprint density at radius 1 is 1.62 bits per heavy atom. The van der Waals surface area contributed by atoms with Crippen LogP contribution >= 0.6 is 0 Å². The minimum Gasteiger partial charge on any atom is -0.378 e. The lowest BCUT2D eigenvalue weighted by atomic mass is 9.88. The Bertz CT molecular complexity index is 202. The number of carbonyl (C=O) groups excluding carboxylic acids is 1. The van der Waals surface area contributed by atoms with Crippen molar-refractivity contribution in [2.45, 2.75) is 31.9 Å². The van der Waals surface area contributed by atoms with Crippen LogP contribution in [0.15, 0.2) is 0 Å². The molecule has 4 heteroatoms. The van der Waals surface area contributed by atoms with Crippen molar-refractivity contribution < 1.29 is 9.53 Å². The van der Waals surface area contributed by atoms with E-state index >= 15 is 0 Å². The van der Waals surface area contributed by atoms with Gasteiger partial charge < -0.3 is 9.64 Å². The summed E-state index contributed by atoms with van der Waals surface area (Å²) in [5.74, 6) is 0.236. The van der Waals surface area contributed by atoms with Crippen molar-refractivity contribution in [1.82, 2.24) is 10.2 Å². The van der Waals surface area contributed by atoms with Crippen LogP contribution in [0.1, 0.15) is 19.8 Å². The lowest BCUT2D eigenvalue weighted by Crippen LogP contribution is -2.49. The first kappa shape index (κ1) is 8.97. The summed E-state index contributed by atoms with van der Waals surface area (Å²) in [7, 11) is 0. The predicted molar refractivity (Wildman–Crippen MR) is 48.2 cm³/mol. The Kier molecular flexibility index (Phi) is 2.51. The fourth-order valence-electron chi connectivity index (χ4n) is 1.97. The predicted octanol–water partition coefficient (Wildman–Crippen LogP) is -0.0568. The van der Waals surface area contributed by atoms with Crippen LogP contribution in [-0.4, -0.2) is 42.8 Å². The molecular weight excluding hydrogens is 168 g/mol. The highest BCUT2D eigenvalue weighted by molar-refractivity contribution is 5.80. The van der Waals surface area contributed by atoms with Crippen molar-refractivity contribution >= 4 is 5.91 Å². The van der Waals surface area contributed by atoms with Gasteiger partial charge in [-0.05, 0) is 19.8 Å². The van der Waals surface area contributed by atoms with Crippen molar-refractivity contribution in [3.63, 3.8) is 0 Å². The van der Waals surface area contributed by atoms with Gasteiger partial charge in [-0.2, -0.15) is 0 Å². The number of nitrogens with one attached hydrogen (secondary N) is 1. The highest BCUT2D eigenvalue weighted by Crippen LogP contribution is 2.28. The lowest BCUT2D eigenvalue weighted by Gasteiger charge is -2.40. The molecular formula is C9H16N2O2. The van der Waals surface area contributed by atoms with E-state index in [-0.39, 0.29) is 5.91 Å². The van der Waals surface area contributed by atoms with Crippen molar-refractivity contribution in [3.8, 4) is 0 Å². The minimum atomic E-state index is 0.236. The van der Waals surface area contributed by atoms with Gasteiger partial charge >= 0.3 is 0 Å². The smallest absolute Gasteiger partial charge is 0.237 e. The van der Waals surface area contributed by atoms with E-state index in [1.807, 2.05) is 11.8 Å². The van der Waals surface area contributed by atoms with Crippen LogP contribution in [0, 0.1) is 0 Å². The minimum absolute atomic E-state index is 0.236. The first-order valence-corrected chi connectivity index (χ1v) is 4.93. The molecule has 0 bridgehead atoms. The number of carbonyl (C=O) groups is 1. The zero-order valence-corrected chi connectivity index (χ0v) is 7.95. The molecule has 74 valence electrons. The second-order valence-electron chi connectivity index (χ2n) is 3.65. The van der Waals surface area contributed by atoms with Gasteiger partial charge in [-0.25, -0.2) is 0 Å². The second kappa shape index (κ2) is 3.64. The normalized spacial score (nSPS) is 33.6. The molecule has 4 nitrogen and oxygen atoms in total. The third-order valence-electron chi connectivity index (χ3n) is 2.79. The molecule has 0 radical (unpaired) electrons. The summed E-state index contributed by atoms with van der Waals surface area (Å²) in [4.78, 5) is 13.2. The third-order valence-corrected chi connectivity index (χ3v) is 2.79. The fraction of sp³-hybridized carbons (Fsp3) is 0.889. The molecule has 1 saturated carbocycles.